The number of hydrogen-bond donors (Lipinski definition) is 0. The van der Waals surface area contributed by atoms with Crippen molar-refractivity contribution in [3.8, 4) is 0 Å². The van der Waals surface area contributed by atoms with Crippen molar-refractivity contribution in [3.05, 3.63) is 204 Å². The molecule has 289 valence electrons. The maximum Gasteiger partial charge on any atom is 0.673 e. The Labute approximate surface area is 345 Å². The Kier molecular flexibility index (Phi) is 17.1. The topological polar surface area (TPSA) is 0 Å². The van der Waals surface area contributed by atoms with Gasteiger partial charge in [-0.05, 0) is 121 Å². The molecule has 0 N–H and O–H groups in total. The molecule has 0 nitrogen and oxygen atoms in total. The molecule has 0 saturated heterocycles. The summed E-state index contributed by atoms with van der Waals surface area (Å²) in [5.41, 5.74) is 5.84. The molecule has 0 aromatic heterocycles. The second-order valence-corrected chi connectivity index (χ2v) is 17.9. The van der Waals surface area contributed by atoms with Crippen LogP contribution in [0.3, 0.4) is 0 Å². The molecule has 5 aliphatic carbocycles. The second kappa shape index (κ2) is 22.1. The Bertz CT molecular complexity index is 1880. The number of allylic oxidation sites excluding steroid dienone is 4. The fourth-order valence-electron chi connectivity index (χ4n) is 6.95. The van der Waals surface area contributed by atoms with Crippen LogP contribution in [0.25, 0.3) is 0 Å². The van der Waals surface area contributed by atoms with Gasteiger partial charge in [-0.25, -0.2) is 0 Å². The fraction of sp³-hybridized carbons (Fsp3) is 0.167. The molecule has 5 aliphatic rings. The standard InChI is InChI=1S/C40H34P2.C8H12.BF4.Rh/c1-5-13-35(14-6-1)41(36-15-7-2-8-16-36)39-29-31-21-25-33(39)27-23-32-22-26-34(28-24-31)40(30-32)42(37-17-9-3-10-18-37)38-19-11-4-12-20-38;1-2-4-6-8-7-5-3-1;2-1(3,4)5;/h1-22,25-26,29-30H,23-24,27-28H2;1-2,7-8H,3-6H2;;/q;;-1;/b;2-1-,8-7-;;. The number of hydrogen-bond acceptors (Lipinski definition) is 0. The molecule has 0 heterocycles. The minimum absolute atomic E-state index is 0. The summed E-state index contributed by atoms with van der Waals surface area (Å²) in [4.78, 5) is 0. The van der Waals surface area contributed by atoms with Gasteiger partial charge >= 0.3 is 7.25 Å². The Morgan fingerprint density at radius 3 is 0.893 bits per heavy atom. The van der Waals surface area contributed by atoms with E-state index in [0.717, 1.165) is 25.7 Å². The first-order chi connectivity index (χ1) is 26.8. The summed E-state index contributed by atoms with van der Waals surface area (Å²) in [6, 6.07) is 59.3. The number of aryl methyl sites for hydroxylation is 4. The van der Waals surface area contributed by atoms with Crippen molar-refractivity contribution in [2.45, 2.75) is 51.4 Å². The van der Waals surface area contributed by atoms with Crippen molar-refractivity contribution in [1.82, 2.24) is 0 Å². The zero-order valence-corrected chi connectivity index (χ0v) is 34.7. The van der Waals surface area contributed by atoms with E-state index in [9.17, 15) is 17.3 Å². The molecule has 6 aromatic carbocycles. The maximum atomic E-state index is 9.75. The third-order valence-corrected chi connectivity index (χ3v) is 14.6. The van der Waals surface area contributed by atoms with Gasteiger partial charge in [0, 0.05) is 19.5 Å². The SMILES string of the molecule is C1=C\CC/C=C\CC/1.F[B-](F)(F)F.[Rh].c1ccc(P(c2ccccc2)c2cc3ccc2CCc2ccc(c(P(c4ccccc4)c4ccccc4)c2)CC3)cc1. The molecule has 11 rings (SSSR count). The van der Waals surface area contributed by atoms with Crippen molar-refractivity contribution in [1.29, 1.82) is 0 Å². The predicted molar refractivity (Wildman–Crippen MR) is 232 cm³/mol. The summed E-state index contributed by atoms with van der Waals surface area (Å²) < 4.78 is 39.0. The van der Waals surface area contributed by atoms with Crippen LogP contribution in [0.4, 0.5) is 17.3 Å². The number of rotatable bonds is 6. The molecule has 56 heavy (non-hydrogen) atoms. The molecule has 6 aromatic rings. The van der Waals surface area contributed by atoms with E-state index in [2.05, 4.69) is 182 Å². The molecule has 0 fully saturated rings. The van der Waals surface area contributed by atoms with Crippen LogP contribution in [0.5, 0.6) is 0 Å². The van der Waals surface area contributed by atoms with Gasteiger partial charge in [-0.2, -0.15) is 0 Å². The van der Waals surface area contributed by atoms with Crippen molar-refractivity contribution in [2.75, 3.05) is 0 Å². The van der Waals surface area contributed by atoms with Gasteiger partial charge < -0.3 is 17.3 Å². The van der Waals surface area contributed by atoms with Crippen LogP contribution in [-0.2, 0) is 45.2 Å². The molecule has 0 atom stereocenters. The first kappa shape index (κ1) is 43.2. The van der Waals surface area contributed by atoms with E-state index in [-0.39, 0.29) is 19.5 Å². The van der Waals surface area contributed by atoms with Crippen molar-refractivity contribution >= 4 is 54.9 Å². The molecule has 0 aliphatic heterocycles. The molecular formula is C48H46BF4P2Rh-. The zero-order valence-electron chi connectivity index (χ0n) is 31.3. The molecule has 0 spiro atoms. The van der Waals surface area contributed by atoms with Crippen molar-refractivity contribution in [2.24, 2.45) is 0 Å². The maximum absolute atomic E-state index is 9.75. The minimum atomic E-state index is -6.00. The van der Waals surface area contributed by atoms with E-state index in [1.165, 1.54) is 79.8 Å². The van der Waals surface area contributed by atoms with E-state index in [1.807, 2.05) is 0 Å². The zero-order chi connectivity index (χ0) is 38.3. The van der Waals surface area contributed by atoms with E-state index in [4.69, 9.17) is 0 Å². The first-order valence-corrected chi connectivity index (χ1v) is 21.7. The third kappa shape index (κ3) is 13.1. The van der Waals surface area contributed by atoms with Gasteiger partial charge in [0.25, 0.3) is 0 Å². The molecule has 1 radical (unpaired) electrons. The summed E-state index contributed by atoms with van der Waals surface area (Å²) in [7, 11) is -7.26. The van der Waals surface area contributed by atoms with Crippen LogP contribution in [0.15, 0.2) is 182 Å². The summed E-state index contributed by atoms with van der Waals surface area (Å²) in [6.45, 7) is 0. The van der Waals surface area contributed by atoms with E-state index >= 15 is 0 Å². The summed E-state index contributed by atoms with van der Waals surface area (Å²) in [6.07, 6.45) is 18.2. The van der Waals surface area contributed by atoms with Gasteiger partial charge in [0.05, 0.1) is 0 Å². The van der Waals surface area contributed by atoms with Crippen molar-refractivity contribution in [3.63, 3.8) is 0 Å². The average molecular weight is 875 g/mol. The molecule has 8 heteroatoms. The average Bonchev–Trinajstić information content (AvgIpc) is 3.18. The second-order valence-electron chi connectivity index (χ2n) is 13.5. The quantitative estimate of drug-likeness (QED) is 0.0677. The monoisotopic (exact) mass is 874 g/mol. The number of benzene rings is 6. The van der Waals surface area contributed by atoms with Crippen LogP contribution >= 0.6 is 15.8 Å². The van der Waals surface area contributed by atoms with Crippen LogP contribution in [0.2, 0.25) is 0 Å². The Morgan fingerprint density at radius 1 is 0.357 bits per heavy atom. The predicted octanol–water partition coefficient (Wildman–Crippen LogP) is 11.1. The summed E-state index contributed by atoms with van der Waals surface area (Å²) >= 11 is 0. The minimum Gasteiger partial charge on any atom is -0.418 e. The summed E-state index contributed by atoms with van der Waals surface area (Å²) in [5, 5.41) is 8.73. The third-order valence-electron chi connectivity index (χ3n) is 9.54. The largest absolute Gasteiger partial charge is 0.673 e. The molecular weight excluding hydrogens is 828 g/mol. The van der Waals surface area contributed by atoms with Gasteiger partial charge in [0.1, 0.15) is 0 Å². The van der Waals surface area contributed by atoms with Crippen LogP contribution < -0.4 is 31.8 Å². The molecule has 0 saturated carbocycles. The fourth-order valence-corrected chi connectivity index (χ4v) is 12.1. The Balaban J connectivity index is 0.000000367. The molecule has 0 unspecified atom stereocenters. The van der Waals surface area contributed by atoms with Crippen molar-refractivity contribution < 1.29 is 36.7 Å². The Hall–Kier alpha value is -3.93. The van der Waals surface area contributed by atoms with Gasteiger partial charge in [-0.15, -0.1) is 0 Å². The molecule has 4 bridgehead atoms. The van der Waals surface area contributed by atoms with E-state index in [0.29, 0.717) is 0 Å². The van der Waals surface area contributed by atoms with Crippen LogP contribution in [0, 0.1) is 0 Å². The molecule has 0 amide bonds. The van der Waals surface area contributed by atoms with Crippen LogP contribution in [-0.4, -0.2) is 7.25 Å². The normalized spacial score (nSPS) is 14.7. The van der Waals surface area contributed by atoms with Gasteiger partial charge in [-0.3, -0.25) is 0 Å². The smallest absolute Gasteiger partial charge is 0.418 e. The van der Waals surface area contributed by atoms with E-state index in [1.54, 1.807) is 0 Å². The van der Waals surface area contributed by atoms with Gasteiger partial charge in [-0.1, -0.05) is 182 Å². The van der Waals surface area contributed by atoms with Gasteiger partial charge in [0.15, 0.2) is 0 Å². The van der Waals surface area contributed by atoms with Crippen LogP contribution in [0.1, 0.15) is 47.9 Å². The first-order valence-electron chi connectivity index (χ1n) is 19.0. The summed E-state index contributed by atoms with van der Waals surface area (Å²) in [5.74, 6) is 0. The number of halogens is 4. The Morgan fingerprint density at radius 2 is 0.625 bits per heavy atom. The van der Waals surface area contributed by atoms with E-state index < -0.39 is 23.1 Å². The van der Waals surface area contributed by atoms with Gasteiger partial charge in [0.2, 0.25) is 0 Å².